The van der Waals surface area contributed by atoms with E-state index >= 15 is 0 Å². The van der Waals surface area contributed by atoms with E-state index in [0.29, 0.717) is 29.4 Å². The molecule has 9 nitrogen and oxygen atoms in total. The largest absolute Gasteiger partial charge is 0.341 e. The molecule has 0 amide bonds. The maximum absolute atomic E-state index is 14.1. The molecule has 198 valence electrons. The molecule has 0 saturated carbocycles. The van der Waals surface area contributed by atoms with Gasteiger partial charge in [0.2, 0.25) is 5.95 Å². The van der Waals surface area contributed by atoms with E-state index in [0.717, 1.165) is 40.4 Å². The van der Waals surface area contributed by atoms with Crippen LogP contribution in [0.15, 0.2) is 72.9 Å². The molecular formula is C29H29N7O2S. The van der Waals surface area contributed by atoms with Gasteiger partial charge in [-0.15, -0.1) is 5.92 Å². The highest BCUT2D eigenvalue weighted by Crippen LogP contribution is 2.40. The average Bonchev–Trinajstić information content (AvgIpc) is 3.25. The van der Waals surface area contributed by atoms with Crippen molar-refractivity contribution in [3.8, 4) is 11.8 Å². The molecule has 4 heterocycles. The van der Waals surface area contributed by atoms with Gasteiger partial charge >= 0.3 is 5.69 Å². The molecule has 0 bridgehead atoms. The first-order valence-electron chi connectivity index (χ1n) is 13.0. The number of aliphatic imine (C=N–C) groups is 1. The first kappa shape index (κ1) is 25.2. The third kappa shape index (κ3) is 4.47. The number of nitrogens with zero attached hydrogens (tertiary/aromatic N) is 6. The van der Waals surface area contributed by atoms with E-state index in [1.807, 2.05) is 53.1 Å². The van der Waals surface area contributed by atoms with Gasteiger partial charge in [-0.3, -0.25) is 18.5 Å². The van der Waals surface area contributed by atoms with Gasteiger partial charge in [0, 0.05) is 41.5 Å². The van der Waals surface area contributed by atoms with Gasteiger partial charge < -0.3 is 10.6 Å². The summed E-state index contributed by atoms with van der Waals surface area (Å²) in [6, 6.07) is 15.9. The Kier molecular flexibility index (Phi) is 6.62. The second-order valence-corrected chi connectivity index (χ2v) is 10.9. The Morgan fingerprint density at radius 2 is 1.85 bits per heavy atom. The van der Waals surface area contributed by atoms with E-state index in [1.165, 1.54) is 9.13 Å². The number of rotatable bonds is 4. The van der Waals surface area contributed by atoms with E-state index in [9.17, 15) is 9.59 Å². The molecule has 2 aliphatic rings. The highest BCUT2D eigenvalue weighted by molar-refractivity contribution is 7.99. The Morgan fingerprint density at radius 1 is 1.08 bits per heavy atom. The second kappa shape index (κ2) is 10.2. The summed E-state index contributed by atoms with van der Waals surface area (Å²) in [5, 5.41) is 0. The molecule has 2 aromatic carbocycles. The van der Waals surface area contributed by atoms with Crippen LogP contribution in [0.25, 0.3) is 11.2 Å². The van der Waals surface area contributed by atoms with Gasteiger partial charge in [0.15, 0.2) is 11.2 Å². The number of aryl methyl sites for hydroxylation is 1. The molecule has 1 atom stereocenters. The van der Waals surface area contributed by atoms with Gasteiger partial charge in [0.1, 0.15) is 0 Å². The Bertz CT molecular complexity index is 1800. The number of nitrogens with two attached hydrogens (primary N) is 1. The summed E-state index contributed by atoms with van der Waals surface area (Å²) in [6.07, 6.45) is 1.88. The van der Waals surface area contributed by atoms with Gasteiger partial charge in [0.05, 0.1) is 24.5 Å². The van der Waals surface area contributed by atoms with Crippen LogP contribution in [-0.4, -0.2) is 43.5 Å². The minimum atomic E-state index is -0.439. The topological polar surface area (TPSA) is 103 Å². The molecule has 0 radical (unpaired) electrons. The fraction of sp³-hybridized carbons (Fsp3) is 0.310. The summed E-state index contributed by atoms with van der Waals surface area (Å²) < 4.78 is 4.54. The van der Waals surface area contributed by atoms with Crippen molar-refractivity contribution in [3.05, 3.63) is 74.9 Å². The van der Waals surface area contributed by atoms with Crippen molar-refractivity contribution in [2.24, 2.45) is 17.8 Å². The number of para-hydroxylation sites is 1. The lowest BCUT2D eigenvalue weighted by Crippen LogP contribution is -2.44. The Labute approximate surface area is 230 Å². The van der Waals surface area contributed by atoms with Crippen molar-refractivity contribution in [2.75, 3.05) is 18.0 Å². The average molecular weight is 540 g/mol. The lowest BCUT2D eigenvalue weighted by Gasteiger charge is -2.31. The van der Waals surface area contributed by atoms with Crippen LogP contribution in [0, 0.1) is 11.8 Å². The minimum absolute atomic E-state index is 0.0267. The molecular weight excluding hydrogens is 510 g/mol. The second-order valence-electron chi connectivity index (χ2n) is 9.80. The predicted octanol–water partition coefficient (Wildman–Crippen LogP) is 3.13. The van der Waals surface area contributed by atoms with E-state index < -0.39 is 11.2 Å². The van der Waals surface area contributed by atoms with Crippen LogP contribution in [0.2, 0.25) is 0 Å². The third-order valence-electron chi connectivity index (χ3n) is 7.21. The summed E-state index contributed by atoms with van der Waals surface area (Å²) in [5.41, 5.74) is 8.49. The maximum atomic E-state index is 14.1. The molecule has 0 spiro atoms. The quantitative estimate of drug-likeness (QED) is 0.400. The number of aromatic nitrogens is 4. The molecule has 1 fully saturated rings. The molecule has 6 rings (SSSR count). The molecule has 2 aromatic heterocycles. The molecule has 1 unspecified atom stereocenters. The molecule has 39 heavy (non-hydrogen) atoms. The number of fused-ring (bicyclic) bond motifs is 3. The first-order chi connectivity index (χ1) is 19.0. The number of hydrogen-bond acceptors (Lipinski definition) is 7. The highest BCUT2D eigenvalue weighted by Gasteiger charge is 2.27. The van der Waals surface area contributed by atoms with E-state index in [1.54, 1.807) is 25.7 Å². The lowest BCUT2D eigenvalue weighted by molar-refractivity contribution is 0.496. The molecule has 10 heteroatoms. The molecule has 1 saturated heterocycles. The van der Waals surface area contributed by atoms with Crippen LogP contribution < -0.4 is 21.9 Å². The zero-order valence-corrected chi connectivity index (χ0v) is 22.7. The zero-order valence-electron chi connectivity index (χ0n) is 21.9. The van der Waals surface area contributed by atoms with Crippen LogP contribution in [0.4, 0.5) is 11.6 Å². The smallest absolute Gasteiger partial charge is 0.332 e. The summed E-state index contributed by atoms with van der Waals surface area (Å²) >= 11 is 1.63. The SMILES string of the molecule is CC#CCn1c(N2CCCC(N)C2)nc2c1c(=O)n(CC1=Nc3ccccc3Sc3ccccc31)c(=O)n2C. The Balaban J connectivity index is 1.54. The normalized spacial score (nSPS) is 16.6. The van der Waals surface area contributed by atoms with Crippen LogP contribution >= 0.6 is 11.8 Å². The number of imidazole rings is 1. The monoisotopic (exact) mass is 539 g/mol. The van der Waals surface area contributed by atoms with Crippen LogP contribution in [0.5, 0.6) is 0 Å². The van der Waals surface area contributed by atoms with Crippen LogP contribution in [-0.2, 0) is 20.1 Å². The van der Waals surface area contributed by atoms with Crippen molar-refractivity contribution in [3.63, 3.8) is 0 Å². The molecule has 2 aliphatic heterocycles. The van der Waals surface area contributed by atoms with E-state index in [4.69, 9.17) is 15.7 Å². The number of piperidine rings is 1. The van der Waals surface area contributed by atoms with E-state index in [-0.39, 0.29) is 19.1 Å². The van der Waals surface area contributed by atoms with E-state index in [2.05, 4.69) is 16.7 Å². The number of hydrogen-bond donors (Lipinski definition) is 1. The highest BCUT2D eigenvalue weighted by atomic mass is 32.2. The van der Waals surface area contributed by atoms with Gasteiger partial charge in [0.25, 0.3) is 5.56 Å². The Morgan fingerprint density at radius 3 is 2.64 bits per heavy atom. The number of anilines is 1. The van der Waals surface area contributed by atoms with Crippen LogP contribution in [0.1, 0.15) is 25.3 Å². The summed E-state index contributed by atoms with van der Waals surface area (Å²) in [6.45, 7) is 3.50. The van der Waals surface area contributed by atoms with Crippen molar-refractivity contribution in [1.29, 1.82) is 0 Å². The summed E-state index contributed by atoms with van der Waals surface area (Å²) in [7, 11) is 1.66. The fourth-order valence-corrected chi connectivity index (χ4v) is 6.31. The van der Waals surface area contributed by atoms with Crippen molar-refractivity contribution in [2.45, 2.75) is 48.7 Å². The van der Waals surface area contributed by atoms with Crippen molar-refractivity contribution < 1.29 is 0 Å². The zero-order chi connectivity index (χ0) is 27.1. The Hall–Kier alpha value is -4.07. The van der Waals surface area contributed by atoms with Gasteiger partial charge in [-0.25, -0.2) is 9.79 Å². The maximum Gasteiger partial charge on any atom is 0.332 e. The van der Waals surface area contributed by atoms with Gasteiger partial charge in [-0.05, 0) is 38.0 Å². The predicted molar refractivity (Wildman–Crippen MR) is 155 cm³/mol. The summed E-state index contributed by atoms with van der Waals surface area (Å²) in [5.74, 6) is 6.62. The van der Waals surface area contributed by atoms with Crippen LogP contribution in [0.3, 0.4) is 0 Å². The summed E-state index contributed by atoms with van der Waals surface area (Å²) in [4.78, 5) is 41.6. The minimum Gasteiger partial charge on any atom is -0.341 e. The van der Waals surface area contributed by atoms with Crippen molar-refractivity contribution in [1.82, 2.24) is 18.7 Å². The fourth-order valence-electron chi connectivity index (χ4n) is 5.26. The molecule has 0 aliphatic carbocycles. The molecule has 4 aromatic rings. The standard InChI is InChI=1S/C29H29N7O2S/c1-3-4-16-35-25-26(32-28(35)34-15-9-10-19(30)17-34)33(2)29(38)36(27(25)37)18-22-20-11-5-7-13-23(20)39-24-14-8-6-12-21(24)31-22/h5-8,11-14,19H,9-10,15-18,30H2,1-2H3. The van der Waals surface area contributed by atoms with Gasteiger partial charge in [-0.1, -0.05) is 48.0 Å². The van der Waals surface area contributed by atoms with Gasteiger partial charge in [-0.2, -0.15) is 4.98 Å². The lowest BCUT2D eigenvalue weighted by atomic mass is 10.1. The third-order valence-corrected chi connectivity index (χ3v) is 8.35. The number of benzene rings is 2. The van der Waals surface area contributed by atoms with Crippen molar-refractivity contribution >= 4 is 40.3 Å². The molecule has 2 N–H and O–H groups in total. The first-order valence-corrected chi connectivity index (χ1v) is 13.8.